The van der Waals surface area contributed by atoms with Crippen molar-refractivity contribution in [3.8, 4) is 5.82 Å². The van der Waals surface area contributed by atoms with Crippen molar-refractivity contribution in [3.05, 3.63) is 53.3 Å². The Hall–Kier alpha value is -3.02. The van der Waals surface area contributed by atoms with Gasteiger partial charge >= 0.3 is 0 Å². The summed E-state index contributed by atoms with van der Waals surface area (Å²) < 4.78 is 7.38. The van der Waals surface area contributed by atoms with Crippen molar-refractivity contribution >= 4 is 16.7 Å². The van der Waals surface area contributed by atoms with Gasteiger partial charge in [-0.1, -0.05) is 12.1 Å². The molecular weight excluding hydrogens is 426 g/mol. The monoisotopic (exact) mass is 455 g/mol. The molecule has 2 saturated heterocycles. The van der Waals surface area contributed by atoms with Gasteiger partial charge in [-0.25, -0.2) is 21.2 Å². The summed E-state index contributed by atoms with van der Waals surface area (Å²) in [7, 11) is 0. The van der Waals surface area contributed by atoms with Crippen LogP contribution in [0, 0.1) is 18.9 Å². The summed E-state index contributed by atoms with van der Waals surface area (Å²) in [5.41, 5.74) is 2.25. The van der Waals surface area contributed by atoms with Crippen LogP contribution >= 0.6 is 0 Å². The Morgan fingerprint density at radius 1 is 1.03 bits per heavy atom. The van der Waals surface area contributed by atoms with Crippen LogP contribution in [0.5, 0.6) is 0 Å². The highest BCUT2D eigenvalue weighted by molar-refractivity contribution is 5.81. The number of hydrogen-bond acceptors (Lipinski definition) is 6. The molecule has 1 aromatic carbocycles. The number of fused-ring (bicyclic) bond motifs is 1. The summed E-state index contributed by atoms with van der Waals surface area (Å²) in [6, 6.07) is 8.46. The Morgan fingerprint density at radius 3 is 2.44 bits per heavy atom. The predicted octanol–water partition coefficient (Wildman–Crippen LogP) is 3.33. The highest BCUT2D eigenvalue weighted by Crippen LogP contribution is 2.79. The fourth-order valence-corrected chi connectivity index (χ4v) is 6.14. The van der Waals surface area contributed by atoms with Gasteiger partial charge in [-0.15, -0.1) is 0 Å². The van der Waals surface area contributed by atoms with Crippen LogP contribution in [0.2, 0.25) is 0 Å². The van der Waals surface area contributed by atoms with E-state index in [1.165, 1.54) is 12.8 Å². The first-order valence-corrected chi connectivity index (χ1v) is 12.3. The fraction of sp³-hybridized carbons (Fsp3) is 0.538. The molecule has 34 heavy (non-hydrogen) atoms. The molecule has 8 nitrogen and oxygen atoms in total. The van der Waals surface area contributed by atoms with Crippen LogP contribution in [0.15, 0.2) is 30.5 Å². The Kier molecular flexibility index (Phi) is 4.05. The second-order valence-corrected chi connectivity index (χ2v) is 10.9. The van der Waals surface area contributed by atoms with Crippen LogP contribution in [0.4, 0.5) is 5.82 Å². The van der Waals surface area contributed by atoms with Crippen LogP contribution in [0.3, 0.4) is 0 Å². The molecule has 2 aliphatic heterocycles. The van der Waals surface area contributed by atoms with Crippen LogP contribution in [0.1, 0.15) is 37.6 Å². The normalized spacial score (nSPS) is 26.9. The number of rotatable bonds is 4. The van der Waals surface area contributed by atoms with Crippen molar-refractivity contribution in [2.24, 2.45) is 5.41 Å². The first-order valence-electron chi connectivity index (χ1n) is 12.3. The van der Waals surface area contributed by atoms with Crippen molar-refractivity contribution in [1.29, 1.82) is 0 Å². The lowest BCUT2D eigenvalue weighted by Crippen LogP contribution is -2.64. The molecule has 0 unspecified atom stereocenters. The molecule has 0 amide bonds. The minimum atomic E-state index is -0.329. The van der Waals surface area contributed by atoms with Gasteiger partial charge in [0.1, 0.15) is 11.6 Å². The molecule has 1 spiro atoms. The quantitative estimate of drug-likeness (QED) is 0.563. The highest BCUT2D eigenvalue weighted by Gasteiger charge is 2.82. The summed E-state index contributed by atoms with van der Waals surface area (Å²) in [4.78, 5) is 18.5. The van der Waals surface area contributed by atoms with Gasteiger partial charge in [0, 0.05) is 49.6 Å². The molecule has 0 radical (unpaired) electrons. The number of aromatic nitrogens is 4. The maximum absolute atomic E-state index is 7.89. The number of benzene rings is 1. The number of nitrogens with zero attached hydrogens (tertiary/aromatic N) is 7. The molecule has 3 aromatic rings. The highest BCUT2D eigenvalue weighted by atomic mass is 16.5. The summed E-state index contributed by atoms with van der Waals surface area (Å²) in [5.74, 6) is 2.48. The summed E-state index contributed by atoms with van der Waals surface area (Å²) in [5, 5.41) is 5.75. The SMILES string of the molecule is [C-]#[N+][C@@]1(c2ccc3cnn(-c4cc(N5CCN(C6(C)COC6)CC5)nc(C)n4)c3c2)CC12CC2. The molecule has 4 fully saturated rings. The number of ether oxygens (including phenoxy) is 1. The smallest absolute Gasteiger partial charge is 0.264 e. The molecule has 2 aromatic heterocycles. The predicted molar refractivity (Wildman–Crippen MR) is 129 cm³/mol. The van der Waals surface area contributed by atoms with Gasteiger partial charge in [0.15, 0.2) is 5.82 Å². The molecule has 2 aliphatic carbocycles. The average molecular weight is 456 g/mol. The minimum Gasteiger partial charge on any atom is -0.377 e. The van der Waals surface area contributed by atoms with Gasteiger partial charge in [-0.2, -0.15) is 5.10 Å². The molecule has 2 saturated carbocycles. The van der Waals surface area contributed by atoms with E-state index >= 15 is 0 Å². The first kappa shape index (κ1) is 20.4. The lowest BCUT2D eigenvalue weighted by Gasteiger charge is -2.50. The summed E-state index contributed by atoms with van der Waals surface area (Å²) in [6.07, 6.45) is 5.25. The summed E-state index contributed by atoms with van der Waals surface area (Å²) >= 11 is 0. The number of anilines is 1. The summed E-state index contributed by atoms with van der Waals surface area (Å²) in [6.45, 7) is 17.7. The van der Waals surface area contributed by atoms with E-state index in [0.717, 1.165) is 79.7 Å². The van der Waals surface area contributed by atoms with Gasteiger partial charge in [0.05, 0.1) is 35.9 Å². The minimum absolute atomic E-state index is 0.188. The maximum atomic E-state index is 7.89. The van der Waals surface area contributed by atoms with E-state index in [9.17, 15) is 0 Å². The average Bonchev–Trinajstić information content (AvgIpc) is 3.71. The van der Waals surface area contributed by atoms with E-state index in [-0.39, 0.29) is 16.5 Å². The third-order valence-corrected chi connectivity index (χ3v) is 8.66. The molecule has 8 heteroatoms. The van der Waals surface area contributed by atoms with Gasteiger partial charge in [-0.3, -0.25) is 4.90 Å². The van der Waals surface area contributed by atoms with E-state index in [4.69, 9.17) is 21.3 Å². The van der Waals surface area contributed by atoms with E-state index in [0.29, 0.717) is 0 Å². The molecule has 7 rings (SSSR count). The fourth-order valence-electron chi connectivity index (χ4n) is 6.14. The van der Waals surface area contributed by atoms with E-state index in [2.05, 4.69) is 50.9 Å². The zero-order chi connectivity index (χ0) is 23.1. The Labute approximate surface area is 199 Å². The Morgan fingerprint density at radius 2 is 1.79 bits per heavy atom. The zero-order valence-electron chi connectivity index (χ0n) is 19.8. The third kappa shape index (κ3) is 2.80. The second kappa shape index (κ2) is 6.77. The van der Waals surface area contributed by atoms with Gasteiger partial charge < -0.3 is 14.5 Å². The van der Waals surface area contributed by atoms with Crippen LogP contribution in [0.25, 0.3) is 21.6 Å². The van der Waals surface area contributed by atoms with Crippen molar-refractivity contribution in [2.45, 2.75) is 44.2 Å². The van der Waals surface area contributed by atoms with Crippen molar-refractivity contribution < 1.29 is 4.74 Å². The van der Waals surface area contributed by atoms with E-state index < -0.39 is 0 Å². The van der Waals surface area contributed by atoms with Gasteiger partial charge in [0.25, 0.3) is 5.54 Å². The lowest BCUT2D eigenvalue weighted by molar-refractivity contribution is -0.131. The molecule has 0 N–H and O–H groups in total. The second-order valence-electron chi connectivity index (χ2n) is 10.9. The van der Waals surface area contributed by atoms with E-state index in [1.807, 2.05) is 17.8 Å². The van der Waals surface area contributed by atoms with Crippen LogP contribution in [-0.4, -0.2) is 69.6 Å². The number of aryl methyl sites for hydroxylation is 1. The van der Waals surface area contributed by atoms with Crippen LogP contribution in [-0.2, 0) is 10.3 Å². The molecule has 4 aliphatic rings. The molecule has 1 atom stereocenters. The number of hydrogen-bond donors (Lipinski definition) is 0. The largest absolute Gasteiger partial charge is 0.377 e. The van der Waals surface area contributed by atoms with Gasteiger partial charge in [0.2, 0.25) is 0 Å². The number of piperazine rings is 1. The molecular formula is C26H29N7O. The van der Waals surface area contributed by atoms with Crippen molar-refractivity contribution in [3.63, 3.8) is 0 Å². The maximum Gasteiger partial charge on any atom is 0.264 e. The van der Waals surface area contributed by atoms with Gasteiger partial charge in [-0.05, 0) is 32.8 Å². The lowest BCUT2D eigenvalue weighted by atomic mass is 9.97. The molecule has 174 valence electrons. The third-order valence-electron chi connectivity index (χ3n) is 8.66. The Bertz CT molecular complexity index is 1340. The van der Waals surface area contributed by atoms with Crippen molar-refractivity contribution in [1.82, 2.24) is 24.6 Å². The standard InChI is InChI=1S/C26H29N7O/c1-18-29-22(31-8-10-32(11-9-31)24(2)16-34-17-24)13-23(30-18)33-21-12-20(5-4-19(21)14-28-33)26(27-3)15-25(26)6-7-25/h4-5,12-14H,6-11,15-17H2,1-2H3/t26-/m1/s1. The van der Waals surface area contributed by atoms with Crippen LogP contribution < -0.4 is 4.90 Å². The van der Waals surface area contributed by atoms with Crippen molar-refractivity contribution in [2.75, 3.05) is 44.3 Å². The molecule has 0 bridgehead atoms. The zero-order valence-corrected chi connectivity index (χ0v) is 19.8. The van der Waals surface area contributed by atoms with E-state index in [1.54, 1.807) is 0 Å². The topological polar surface area (TPSA) is 63.7 Å². The Balaban J connectivity index is 1.20. The molecule has 4 heterocycles. The first-order chi connectivity index (χ1) is 16.5.